The van der Waals surface area contributed by atoms with Crippen LogP contribution < -0.4 is 0 Å². The molecule has 0 spiro atoms. The Labute approximate surface area is 99.9 Å². The van der Waals surface area contributed by atoms with Crippen LogP contribution in [0.4, 0.5) is 0 Å². The smallest absolute Gasteiger partial charge is 0.0620 e. The van der Waals surface area contributed by atoms with Gasteiger partial charge in [0.15, 0.2) is 0 Å². The lowest BCUT2D eigenvalue weighted by Crippen LogP contribution is -2.43. The van der Waals surface area contributed by atoms with Gasteiger partial charge in [0.25, 0.3) is 0 Å². The highest BCUT2D eigenvalue weighted by Crippen LogP contribution is 2.53. The Morgan fingerprint density at radius 2 is 2.06 bits per heavy atom. The second kappa shape index (κ2) is 3.87. The van der Waals surface area contributed by atoms with Gasteiger partial charge in [0.2, 0.25) is 0 Å². The summed E-state index contributed by atoms with van der Waals surface area (Å²) in [5.74, 6) is 1.24. The normalized spacial score (nSPS) is 40.2. The predicted octanol–water partition coefficient (Wildman–Crippen LogP) is 3.92. The van der Waals surface area contributed by atoms with Crippen LogP contribution in [0.1, 0.15) is 59.8 Å². The van der Waals surface area contributed by atoms with E-state index in [1.807, 2.05) is 13.8 Å². The molecular formula is C15H26O. The van der Waals surface area contributed by atoms with E-state index in [-0.39, 0.29) is 0 Å². The minimum atomic E-state index is -0.508. The van der Waals surface area contributed by atoms with Gasteiger partial charge in [0.05, 0.1) is 5.60 Å². The van der Waals surface area contributed by atoms with Crippen molar-refractivity contribution in [2.45, 2.75) is 65.4 Å². The van der Waals surface area contributed by atoms with Gasteiger partial charge in [0, 0.05) is 0 Å². The van der Waals surface area contributed by atoms with Crippen LogP contribution in [0.5, 0.6) is 0 Å². The molecule has 0 heterocycles. The Hall–Kier alpha value is -0.300. The summed E-state index contributed by atoms with van der Waals surface area (Å²) >= 11 is 0. The summed E-state index contributed by atoms with van der Waals surface area (Å²) in [6.45, 7) is 8.76. The van der Waals surface area contributed by atoms with Crippen molar-refractivity contribution in [2.75, 3.05) is 0 Å². The van der Waals surface area contributed by atoms with Gasteiger partial charge in [-0.25, -0.2) is 0 Å². The summed E-state index contributed by atoms with van der Waals surface area (Å²) in [5, 5.41) is 10.2. The van der Waals surface area contributed by atoms with Crippen molar-refractivity contribution >= 4 is 0 Å². The molecule has 0 aromatic heterocycles. The first-order chi connectivity index (χ1) is 7.34. The van der Waals surface area contributed by atoms with Crippen molar-refractivity contribution in [2.24, 2.45) is 17.3 Å². The number of rotatable bonds is 1. The van der Waals surface area contributed by atoms with Gasteiger partial charge >= 0.3 is 0 Å². The number of allylic oxidation sites excluding steroid dienone is 2. The molecule has 2 rings (SSSR count). The van der Waals surface area contributed by atoms with Crippen LogP contribution in [0.2, 0.25) is 0 Å². The summed E-state index contributed by atoms with van der Waals surface area (Å²) in [6, 6.07) is 0. The first-order valence-electron chi connectivity index (χ1n) is 6.76. The zero-order valence-corrected chi connectivity index (χ0v) is 11.2. The lowest BCUT2D eigenvalue weighted by molar-refractivity contribution is -0.0245. The second-order valence-corrected chi connectivity index (χ2v) is 6.72. The lowest BCUT2D eigenvalue weighted by Gasteiger charge is -2.49. The fraction of sp³-hybridized carbons (Fsp3) is 0.867. The molecule has 16 heavy (non-hydrogen) atoms. The number of fused-ring (bicyclic) bond motifs is 1. The molecule has 2 aliphatic carbocycles. The largest absolute Gasteiger partial charge is 0.390 e. The Balaban J connectivity index is 2.23. The minimum Gasteiger partial charge on any atom is -0.390 e. The molecule has 0 aliphatic heterocycles. The van der Waals surface area contributed by atoms with Crippen LogP contribution in [0, 0.1) is 17.3 Å². The molecule has 1 heteroatoms. The van der Waals surface area contributed by atoms with E-state index >= 15 is 0 Å². The Kier molecular flexibility index (Phi) is 2.94. The molecule has 3 atom stereocenters. The van der Waals surface area contributed by atoms with Crippen molar-refractivity contribution in [1.82, 2.24) is 0 Å². The van der Waals surface area contributed by atoms with Gasteiger partial charge in [-0.05, 0) is 63.2 Å². The quantitative estimate of drug-likeness (QED) is 0.667. The zero-order chi connectivity index (χ0) is 12.0. The standard InChI is InChI=1S/C15H26O/c1-11-6-5-7-12-8-9-13(14(2,3)16)10-15(11,12)4/h7,11,13,16H,5-6,8-10H2,1-4H3. The molecule has 92 valence electrons. The topological polar surface area (TPSA) is 20.2 Å². The van der Waals surface area contributed by atoms with Gasteiger partial charge in [-0.2, -0.15) is 0 Å². The maximum atomic E-state index is 10.2. The van der Waals surface area contributed by atoms with Crippen molar-refractivity contribution in [3.8, 4) is 0 Å². The first kappa shape index (κ1) is 12.2. The van der Waals surface area contributed by atoms with Crippen molar-refractivity contribution in [3.63, 3.8) is 0 Å². The number of hydrogen-bond donors (Lipinski definition) is 1. The van der Waals surface area contributed by atoms with Crippen LogP contribution >= 0.6 is 0 Å². The van der Waals surface area contributed by atoms with E-state index < -0.39 is 5.60 Å². The van der Waals surface area contributed by atoms with Gasteiger partial charge in [0.1, 0.15) is 0 Å². The van der Waals surface area contributed by atoms with Crippen molar-refractivity contribution in [1.29, 1.82) is 0 Å². The molecule has 2 aliphatic rings. The fourth-order valence-corrected chi connectivity index (χ4v) is 3.64. The van der Waals surface area contributed by atoms with Crippen molar-refractivity contribution < 1.29 is 5.11 Å². The SMILES string of the molecule is CC1CCC=C2CCC(C(C)(C)O)CC21C. The van der Waals surface area contributed by atoms with Crippen molar-refractivity contribution in [3.05, 3.63) is 11.6 Å². The maximum absolute atomic E-state index is 10.2. The molecule has 1 N–H and O–H groups in total. The average molecular weight is 222 g/mol. The highest BCUT2D eigenvalue weighted by atomic mass is 16.3. The average Bonchev–Trinajstić information content (AvgIpc) is 2.17. The van der Waals surface area contributed by atoms with Crippen LogP contribution in [0.15, 0.2) is 11.6 Å². The van der Waals surface area contributed by atoms with E-state index in [9.17, 15) is 5.11 Å². The second-order valence-electron chi connectivity index (χ2n) is 6.72. The lowest BCUT2D eigenvalue weighted by atomic mass is 9.56. The summed E-state index contributed by atoms with van der Waals surface area (Å²) < 4.78 is 0. The molecule has 1 nitrogen and oxygen atoms in total. The van der Waals surface area contributed by atoms with Crippen LogP contribution in [-0.2, 0) is 0 Å². The van der Waals surface area contributed by atoms with Gasteiger partial charge in [-0.1, -0.05) is 25.5 Å². The minimum absolute atomic E-state index is 0.362. The van der Waals surface area contributed by atoms with E-state index in [4.69, 9.17) is 0 Å². The molecule has 0 aromatic rings. The molecule has 3 unspecified atom stereocenters. The Bertz CT molecular complexity index is 297. The summed E-state index contributed by atoms with van der Waals surface area (Å²) in [7, 11) is 0. The number of aliphatic hydroxyl groups is 1. The molecular weight excluding hydrogens is 196 g/mol. The third-order valence-corrected chi connectivity index (χ3v) is 5.24. The van der Waals surface area contributed by atoms with Crippen LogP contribution in [0.25, 0.3) is 0 Å². The Morgan fingerprint density at radius 3 is 2.69 bits per heavy atom. The Morgan fingerprint density at radius 1 is 1.38 bits per heavy atom. The molecule has 0 radical (unpaired) electrons. The van der Waals surface area contributed by atoms with E-state index in [1.54, 1.807) is 5.57 Å². The van der Waals surface area contributed by atoms with Crippen LogP contribution in [0.3, 0.4) is 0 Å². The third-order valence-electron chi connectivity index (χ3n) is 5.24. The monoisotopic (exact) mass is 222 g/mol. The van der Waals surface area contributed by atoms with E-state index in [0.29, 0.717) is 11.3 Å². The summed E-state index contributed by atoms with van der Waals surface area (Å²) in [5.41, 5.74) is 1.53. The third kappa shape index (κ3) is 1.95. The highest BCUT2D eigenvalue weighted by Gasteiger charge is 2.44. The molecule has 0 aromatic carbocycles. The fourth-order valence-electron chi connectivity index (χ4n) is 3.64. The van der Waals surface area contributed by atoms with Gasteiger partial charge < -0.3 is 5.11 Å². The maximum Gasteiger partial charge on any atom is 0.0620 e. The first-order valence-corrected chi connectivity index (χ1v) is 6.76. The zero-order valence-electron chi connectivity index (χ0n) is 11.2. The molecule has 0 bridgehead atoms. The van der Waals surface area contributed by atoms with Gasteiger partial charge in [-0.3, -0.25) is 0 Å². The summed E-state index contributed by atoms with van der Waals surface area (Å²) in [6.07, 6.45) is 8.59. The molecule has 0 amide bonds. The van der Waals surface area contributed by atoms with E-state index in [0.717, 1.165) is 12.3 Å². The van der Waals surface area contributed by atoms with Crippen LogP contribution in [-0.4, -0.2) is 10.7 Å². The summed E-state index contributed by atoms with van der Waals surface area (Å²) in [4.78, 5) is 0. The van der Waals surface area contributed by atoms with Gasteiger partial charge in [-0.15, -0.1) is 0 Å². The highest BCUT2D eigenvalue weighted by molar-refractivity contribution is 5.21. The molecule has 1 saturated carbocycles. The molecule has 0 saturated heterocycles. The number of hydrogen-bond acceptors (Lipinski definition) is 1. The predicted molar refractivity (Wildman–Crippen MR) is 68.2 cm³/mol. The van der Waals surface area contributed by atoms with E-state index in [1.165, 1.54) is 25.7 Å². The molecule has 1 fully saturated rings. The van der Waals surface area contributed by atoms with E-state index in [2.05, 4.69) is 19.9 Å².